The van der Waals surface area contributed by atoms with Gasteiger partial charge in [0.1, 0.15) is 0 Å². The summed E-state index contributed by atoms with van der Waals surface area (Å²) >= 11 is 0. The third kappa shape index (κ3) is 4.74. The van der Waals surface area contributed by atoms with Gasteiger partial charge in [-0.2, -0.15) is 0 Å². The average molecular weight is 669 g/mol. The maximum Gasteiger partial charge on any atom is 0.151 e. The largest absolute Gasteiger partial charge is 0.453 e. The molecule has 2 aliphatic rings. The second-order valence-electron chi connectivity index (χ2n) is 14.2. The van der Waals surface area contributed by atoms with E-state index in [4.69, 9.17) is 4.74 Å². The van der Waals surface area contributed by atoms with Gasteiger partial charge in [-0.25, -0.2) is 0 Å². The van der Waals surface area contributed by atoms with E-state index in [2.05, 4.69) is 200 Å². The van der Waals surface area contributed by atoms with Crippen molar-refractivity contribution in [2.75, 3.05) is 9.80 Å². The standard InChI is InChI=1S/C49H36N2O/c1-49(2)42-31-30-39(32-45(42)51-44-19-8-9-20-46(44)52-47-21-11-18-43(49)48(47)51)50(37-26-22-34(23-27-37)33-12-4-3-5-13-33)38-28-24-36(25-29-38)41-17-10-15-35-14-6-7-16-40(35)41/h3-32H,1-2H3. The molecular formula is C49H36N2O. The van der Waals surface area contributed by atoms with Crippen LogP contribution >= 0.6 is 0 Å². The second kappa shape index (κ2) is 11.8. The zero-order chi connectivity index (χ0) is 34.8. The molecule has 0 amide bonds. The Morgan fingerprint density at radius 2 is 1.08 bits per heavy atom. The topological polar surface area (TPSA) is 15.7 Å². The first-order valence-corrected chi connectivity index (χ1v) is 17.9. The molecule has 0 aliphatic carbocycles. The van der Waals surface area contributed by atoms with Crippen molar-refractivity contribution in [1.29, 1.82) is 0 Å². The van der Waals surface area contributed by atoms with Crippen molar-refractivity contribution in [1.82, 2.24) is 0 Å². The second-order valence-corrected chi connectivity index (χ2v) is 14.2. The number of para-hydroxylation sites is 3. The van der Waals surface area contributed by atoms with Crippen molar-refractivity contribution in [3.63, 3.8) is 0 Å². The van der Waals surface area contributed by atoms with Crippen LogP contribution in [0.25, 0.3) is 33.0 Å². The summed E-state index contributed by atoms with van der Waals surface area (Å²) in [5.41, 5.74) is 13.7. The predicted molar refractivity (Wildman–Crippen MR) is 216 cm³/mol. The average Bonchev–Trinajstić information content (AvgIpc) is 3.20. The van der Waals surface area contributed by atoms with E-state index >= 15 is 0 Å². The molecule has 0 saturated heterocycles. The van der Waals surface area contributed by atoms with Gasteiger partial charge in [0.2, 0.25) is 0 Å². The van der Waals surface area contributed by atoms with Gasteiger partial charge in [0.25, 0.3) is 0 Å². The Kier molecular flexibility index (Phi) is 6.84. The highest BCUT2D eigenvalue weighted by Crippen LogP contribution is 2.60. The Hall–Kier alpha value is -6.58. The number of hydrogen-bond acceptors (Lipinski definition) is 3. The highest BCUT2D eigenvalue weighted by Gasteiger charge is 2.41. The molecule has 10 rings (SSSR count). The van der Waals surface area contributed by atoms with Crippen LogP contribution in [-0.4, -0.2) is 0 Å². The summed E-state index contributed by atoms with van der Waals surface area (Å²) < 4.78 is 6.52. The molecular weight excluding hydrogens is 633 g/mol. The molecule has 0 aromatic heterocycles. The molecule has 52 heavy (non-hydrogen) atoms. The lowest BCUT2D eigenvalue weighted by atomic mass is 9.73. The summed E-state index contributed by atoms with van der Waals surface area (Å²) in [6, 6.07) is 65.5. The molecule has 3 heteroatoms. The summed E-state index contributed by atoms with van der Waals surface area (Å²) in [7, 11) is 0. The van der Waals surface area contributed by atoms with Crippen LogP contribution in [0.4, 0.5) is 34.1 Å². The Labute approximate surface area is 304 Å². The molecule has 0 radical (unpaired) electrons. The molecule has 0 saturated carbocycles. The van der Waals surface area contributed by atoms with Crippen molar-refractivity contribution < 1.29 is 4.74 Å². The van der Waals surface area contributed by atoms with Crippen LogP contribution in [0.1, 0.15) is 25.0 Å². The zero-order valence-corrected chi connectivity index (χ0v) is 29.1. The van der Waals surface area contributed by atoms with E-state index in [1.54, 1.807) is 0 Å². The van der Waals surface area contributed by atoms with Crippen molar-refractivity contribution in [3.8, 4) is 33.8 Å². The van der Waals surface area contributed by atoms with Gasteiger partial charge in [-0.3, -0.25) is 0 Å². The normalized spacial score (nSPS) is 13.5. The first-order valence-electron chi connectivity index (χ1n) is 17.9. The first-order chi connectivity index (χ1) is 25.5. The third-order valence-electron chi connectivity index (χ3n) is 10.8. The molecule has 0 bridgehead atoms. The third-order valence-corrected chi connectivity index (χ3v) is 10.8. The van der Waals surface area contributed by atoms with Gasteiger partial charge in [-0.1, -0.05) is 141 Å². The molecule has 0 spiro atoms. The summed E-state index contributed by atoms with van der Waals surface area (Å²) in [6.45, 7) is 4.65. The van der Waals surface area contributed by atoms with Gasteiger partial charge in [0.15, 0.2) is 11.5 Å². The van der Waals surface area contributed by atoms with Crippen LogP contribution in [0.5, 0.6) is 11.5 Å². The van der Waals surface area contributed by atoms with E-state index in [1.165, 1.54) is 44.2 Å². The molecule has 8 aromatic carbocycles. The number of ether oxygens (including phenoxy) is 1. The highest BCUT2D eigenvalue weighted by atomic mass is 16.5. The van der Waals surface area contributed by atoms with Crippen LogP contribution in [0.15, 0.2) is 182 Å². The fraction of sp³-hybridized carbons (Fsp3) is 0.0612. The number of fused-ring (bicyclic) bond motifs is 5. The fourth-order valence-electron chi connectivity index (χ4n) is 8.22. The van der Waals surface area contributed by atoms with Crippen molar-refractivity contribution in [3.05, 3.63) is 193 Å². The smallest absolute Gasteiger partial charge is 0.151 e. The Balaban J connectivity index is 1.14. The summed E-state index contributed by atoms with van der Waals surface area (Å²) in [5.74, 6) is 1.75. The van der Waals surface area contributed by atoms with Crippen LogP contribution in [-0.2, 0) is 5.41 Å². The van der Waals surface area contributed by atoms with Gasteiger partial charge in [0, 0.05) is 22.5 Å². The summed E-state index contributed by atoms with van der Waals surface area (Å²) in [4.78, 5) is 4.79. The monoisotopic (exact) mass is 668 g/mol. The molecule has 3 nitrogen and oxygen atoms in total. The molecule has 0 unspecified atom stereocenters. The Morgan fingerprint density at radius 3 is 1.88 bits per heavy atom. The Bertz CT molecular complexity index is 2620. The van der Waals surface area contributed by atoms with Gasteiger partial charge in [-0.05, 0) is 98.8 Å². The van der Waals surface area contributed by atoms with E-state index < -0.39 is 0 Å². The number of nitrogens with zero attached hydrogens (tertiary/aromatic N) is 2. The summed E-state index contributed by atoms with van der Waals surface area (Å²) in [6.07, 6.45) is 0. The van der Waals surface area contributed by atoms with E-state index in [9.17, 15) is 0 Å². The lowest BCUT2D eigenvalue weighted by molar-refractivity contribution is 0.471. The maximum absolute atomic E-state index is 6.52. The number of rotatable bonds is 5. The number of anilines is 6. The predicted octanol–water partition coefficient (Wildman–Crippen LogP) is 13.9. The Morgan fingerprint density at radius 1 is 0.462 bits per heavy atom. The van der Waals surface area contributed by atoms with Crippen molar-refractivity contribution in [2.24, 2.45) is 0 Å². The maximum atomic E-state index is 6.52. The van der Waals surface area contributed by atoms with Gasteiger partial charge < -0.3 is 14.5 Å². The molecule has 0 fully saturated rings. The van der Waals surface area contributed by atoms with Crippen LogP contribution in [0.3, 0.4) is 0 Å². The highest BCUT2D eigenvalue weighted by molar-refractivity contribution is 5.98. The molecule has 0 N–H and O–H groups in total. The molecule has 2 aliphatic heterocycles. The van der Waals surface area contributed by atoms with Crippen LogP contribution < -0.4 is 14.5 Å². The number of benzene rings is 8. The quantitative estimate of drug-likeness (QED) is 0.182. The van der Waals surface area contributed by atoms with Crippen molar-refractivity contribution >= 4 is 44.9 Å². The van der Waals surface area contributed by atoms with E-state index in [0.717, 1.165) is 45.6 Å². The molecule has 248 valence electrons. The SMILES string of the molecule is CC1(C)c2ccc(N(c3ccc(-c4ccccc4)cc3)c3ccc(-c4cccc5ccccc45)cc3)cc2N2c3ccccc3Oc3cccc1c32. The lowest BCUT2D eigenvalue weighted by Crippen LogP contribution is -2.32. The molecule has 8 aromatic rings. The minimum Gasteiger partial charge on any atom is -0.453 e. The summed E-state index contributed by atoms with van der Waals surface area (Å²) in [5, 5.41) is 2.50. The van der Waals surface area contributed by atoms with E-state index in [-0.39, 0.29) is 5.41 Å². The zero-order valence-electron chi connectivity index (χ0n) is 29.1. The van der Waals surface area contributed by atoms with E-state index in [0.29, 0.717) is 0 Å². The minimum atomic E-state index is -0.229. The van der Waals surface area contributed by atoms with Gasteiger partial charge in [0.05, 0.1) is 17.1 Å². The van der Waals surface area contributed by atoms with Crippen LogP contribution in [0.2, 0.25) is 0 Å². The number of hydrogen-bond donors (Lipinski definition) is 0. The lowest BCUT2D eigenvalue weighted by Gasteiger charge is -2.45. The van der Waals surface area contributed by atoms with Gasteiger partial charge in [-0.15, -0.1) is 0 Å². The fourth-order valence-corrected chi connectivity index (χ4v) is 8.22. The molecule has 2 heterocycles. The first kappa shape index (κ1) is 30.3. The van der Waals surface area contributed by atoms with Gasteiger partial charge >= 0.3 is 0 Å². The minimum absolute atomic E-state index is 0.229. The molecule has 0 atom stereocenters. The van der Waals surface area contributed by atoms with Crippen molar-refractivity contribution in [2.45, 2.75) is 19.3 Å². The van der Waals surface area contributed by atoms with E-state index in [1.807, 2.05) is 6.07 Å². The van der Waals surface area contributed by atoms with Crippen LogP contribution in [0, 0.1) is 0 Å².